The highest BCUT2D eigenvalue weighted by molar-refractivity contribution is 5.03. The highest BCUT2D eigenvalue weighted by Crippen LogP contribution is 2.50. The van der Waals surface area contributed by atoms with E-state index in [1.807, 2.05) is 0 Å². The largest absolute Gasteiger partial charge is 0.320 e. The Hall–Kier alpha value is -0.730. The van der Waals surface area contributed by atoms with Crippen molar-refractivity contribution in [3.63, 3.8) is 0 Å². The molecular formula is C11H22N4. The number of nitrogens with zero attached hydrogens (tertiary/aromatic N) is 3. The molecule has 15 heavy (non-hydrogen) atoms. The number of rotatable bonds is 2. The molecule has 0 radical (unpaired) electrons. The summed E-state index contributed by atoms with van der Waals surface area (Å²) < 4.78 is 0. The van der Waals surface area contributed by atoms with Crippen LogP contribution in [-0.2, 0) is 0 Å². The summed E-state index contributed by atoms with van der Waals surface area (Å²) in [6.07, 6.45) is 3.02. The van der Waals surface area contributed by atoms with Crippen LogP contribution < -0.4 is 5.73 Å². The molecule has 0 amide bonds. The summed E-state index contributed by atoms with van der Waals surface area (Å²) in [5.41, 5.74) is 14.2. The topological polar surface area (TPSA) is 74.8 Å². The Morgan fingerprint density at radius 3 is 2.60 bits per heavy atom. The predicted octanol–water partition coefficient (Wildman–Crippen LogP) is 3.43. The van der Waals surface area contributed by atoms with Gasteiger partial charge < -0.3 is 5.73 Å². The van der Waals surface area contributed by atoms with Crippen LogP contribution in [0.2, 0.25) is 0 Å². The van der Waals surface area contributed by atoms with Gasteiger partial charge in [-0.2, -0.15) is 0 Å². The zero-order valence-electron chi connectivity index (χ0n) is 10.2. The third kappa shape index (κ3) is 1.97. The maximum absolute atomic E-state index is 8.66. The molecular weight excluding hydrogens is 188 g/mol. The Morgan fingerprint density at radius 1 is 1.53 bits per heavy atom. The van der Waals surface area contributed by atoms with Gasteiger partial charge in [-0.1, -0.05) is 39.2 Å². The van der Waals surface area contributed by atoms with E-state index in [-0.39, 0.29) is 5.41 Å². The maximum atomic E-state index is 8.66. The Labute approximate surface area is 91.9 Å². The summed E-state index contributed by atoms with van der Waals surface area (Å²) in [4.78, 5) is 2.94. The van der Waals surface area contributed by atoms with Gasteiger partial charge in [0.1, 0.15) is 5.66 Å². The van der Waals surface area contributed by atoms with Gasteiger partial charge in [0.05, 0.1) is 0 Å². The Bertz CT molecular complexity index is 282. The number of nitrogens with two attached hydrogens (primary N) is 1. The first-order valence-corrected chi connectivity index (χ1v) is 5.71. The van der Waals surface area contributed by atoms with E-state index in [1.165, 1.54) is 6.42 Å². The van der Waals surface area contributed by atoms with Gasteiger partial charge in [-0.25, -0.2) is 0 Å². The van der Waals surface area contributed by atoms with Gasteiger partial charge in [0, 0.05) is 4.91 Å². The fraction of sp³-hybridized carbons (Fsp3) is 1.00. The lowest BCUT2D eigenvalue weighted by Crippen LogP contribution is -2.58. The normalized spacial score (nSPS) is 41.3. The molecule has 4 heteroatoms. The second kappa shape index (κ2) is 4.03. The van der Waals surface area contributed by atoms with E-state index >= 15 is 0 Å². The molecule has 86 valence electrons. The van der Waals surface area contributed by atoms with Crippen molar-refractivity contribution >= 4 is 0 Å². The average Bonchev–Trinajstić information content (AvgIpc) is 2.12. The molecule has 1 aliphatic rings. The van der Waals surface area contributed by atoms with Crippen LogP contribution >= 0.6 is 0 Å². The second-order valence-corrected chi connectivity index (χ2v) is 5.53. The summed E-state index contributed by atoms with van der Waals surface area (Å²) in [6, 6.07) is 0. The Kier molecular flexibility index (Phi) is 3.31. The SMILES string of the molecule is CC(C)[C@]1(C)CC[C@@H](C)C[C@@]1(N)N=[N+]=[N-]. The van der Waals surface area contributed by atoms with Crippen molar-refractivity contribution in [2.45, 2.75) is 52.6 Å². The minimum Gasteiger partial charge on any atom is -0.320 e. The van der Waals surface area contributed by atoms with Crippen molar-refractivity contribution in [2.75, 3.05) is 0 Å². The summed E-state index contributed by atoms with van der Waals surface area (Å²) in [5, 5.41) is 3.90. The number of hydrogen-bond donors (Lipinski definition) is 1. The summed E-state index contributed by atoms with van der Waals surface area (Å²) in [6.45, 7) is 8.64. The lowest BCUT2D eigenvalue weighted by Gasteiger charge is -2.51. The zero-order chi connectivity index (χ0) is 11.7. The maximum Gasteiger partial charge on any atom is 0.101 e. The molecule has 1 saturated carbocycles. The minimum atomic E-state index is -0.715. The third-order valence-electron chi connectivity index (χ3n) is 4.30. The average molecular weight is 210 g/mol. The fourth-order valence-corrected chi connectivity index (χ4v) is 2.65. The van der Waals surface area contributed by atoms with Crippen LogP contribution in [0.1, 0.15) is 47.0 Å². The second-order valence-electron chi connectivity index (χ2n) is 5.53. The van der Waals surface area contributed by atoms with E-state index in [0.29, 0.717) is 11.8 Å². The molecule has 3 atom stereocenters. The molecule has 0 saturated heterocycles. The van der Waals surface area contributed by atoms with Crippen molar-refractivity contribution in [3.05, 3.63) is 10.4 Å². The van der Waals surface area contributed by atoms with Crippen LogP contribution in [0.3, 0.4) is 0 Å². The Balaban J connectivity index is 3.09. The van der Waals surface area contributed by atoms with Crippen LogP contribution in [0.5, 0.6) is 0 Å². The molecule has 0 aromatic rings. The number of hydrogen-bond acceptors (Lipinski definition) is 2. The number of azide groups is 1. The van der Waals surface area contributed by atoms with Crippen LogP contribution in [-0.4, -0.2) is 5.66 Å². The van der Waals surface area contributed by atoms with Crippen LogP contribution in [0.25, 0.3) is 10.4 Å². The Morgan fingerprint density at radius 2 is 2.13 bits per heavy atom. The highest BCUT2D eigenvalue weighted by atomic mass is 15.2. The van der Waals surface area contributed by atoms with Crippen LogP contribution in [0.15, 0.2) is 5.11 Å². The molecule has 0 aliphatic heterocycles. The highest BCUT2D eigenvalue weighted by Gasteiger charge is 2.50. The van der Waals surface area contributed by atoms with Crippen molar-refractivity contribution in [1.29, 1.82) is 0 Å². The molecule has 0 aromatic heterocycles. The van der Waals surface area contributed by atoms with Crippen LogP contribution in [0, 0.1) is 17.3 Å². The lowest BCUT2D eigenvalue weighted by atomic mass is 9.59. The standard InChI is InChI=1S/C11H22N4/c1-8(2)10(4)6-5-9(3)7-11(10,12)14-15-13/h8-9H,5-7,12H2,1-4H3/t9-,10+,11-/m1/s1. The van der Waals surface area contributed by atoms with E-state index in [4.69, 9.17) is 11.3 Å². The smallest absolute Gasteiger partial charge is 0.101 e. The van der Waals surface area contributed by atoms with Crippen molar-refractivity contribution < 1.29 is 0 Å². The minimum absolute atomic E-state index is 0.0776. The van der Waals surface area contributed by atoms with E-state index < -0.39 is 5.66 Å². The zero-order valence-corrected chi connectivity index (χ0v) is 10.2. The summed E-state index contributed by atoms with van der Waals surface area (Å²) >= 11 is 0. The first kappa shape index (κ1) is 12.3. The van der Waals surface area contributed by atoms with Gasteiger partial charge in [0.2, 0.25) is 0 Å². The first-order valence-electron chi connectivity index (χ1n) is 5.71. The molecule has 0 spiro atoms. The first-order chi connectivity index (χ1) is 6.85. The molecule has 0 aromatic carbocycles. The molecule has 4 nitrogen and oxygen atoms in total. The van der Waals surface area contributed by atoms with Gasteiger partial charge in [-0.3, -0.25) is 0 Å². The third-order valence-corrected chi connectivity index (χ3v) is 4.30. The quantitative estimate of drug-likeness (QED) is 0.423. The van der Waals surface area contributed by atoms with Crippen molar-refractivity contribution in [1.82, 2.24) is 0 Å². The molecule has 0 bridgehead atoms. The molecule has 1 fully saturated rings. The van der Waals surface area contributed by atoms with E-state index in [2.05, 4.69) is 37.7 Å². The predicted molar refractivity (Wildman–Crippen MR) is 62.0 cm³/mol. The van der Waals surface area contributed by atoms with Crippen molar-refractivity contribution in [3.8, 4) is 0 Å². The monoisotopic (exact) mass is 210 g/mol. The summed E-state index contributed by atoms with van der Waals surface area (Å²) in [7, 11) is 0. The van der Waals surface area contributed by atoms with E-state index in [0.717, 1.165) is 12.8 Å². The van der Waals surface area contributed by atoms with Gasteiger partial charge in [0.15, 0.2) is 0 Å². The summed E-state index contributed by atoms with van der Waals surface area (Å²) in [5.74, 6) is 0.979. The fourth-order valence-electron chi connectivity index (χ4n) is 2.65. The molecule has 2 N–H and O–H groups in total. The van der Waals surface area contributed by atoms with E-state index in [1.54, 1.807) is 0 Å². The molecule has 0 heterocycles. The van der Waals surface area contributed by atoms with Gasteiger partial charge >= 0.3 is 0 Å². The molecule has 0 unspecified atom stereocenters. The van der Waals surface area contributed by atoms with Gasteiger partial charge in [-0.05, 0) is 35.6 Å². The van der Waals surface area contributed by atoms with Gasteiger partial charge in [0.25, 0.3) is 0 Å². The van der Waals surface area contributed by atoms with Crippen molar-refractivity contribution in [2.24, 2.45) is 28.1 Å². The van der Waals surface area contributed by atoms with Crippen LogP contribution in [0.4, 0.5) is 0 Å². The molecule has 1 rings (SSSR count). The van der Waals surface area contributed by atoms with Gasteiger partial charge in [-0.15, -0.1) is 0 Å². The lowest BCUT2D eigenvalue weighted by molar-refractivity contribution is 0.0153. The van der Waals surface area contributed by atoms with E-state index in [9.17, 15) is 0 Å². The molecule has 1 aliphatic carbocycles.